The molecule has 0 unspecified atom stereocenters. The Hall–Kier alpha value is -4.19. The second kappa shape index (κ2) is 7.00. The third-order valence-electron chi connectivity index (χ3n) is 5.16. The van der Waals surface area contributed by atoms with Crippen LogP contribution in [0, 0.1) is 0 Å². The van der Waals surface area contributed by atoms with Crippen LogP contribution in [-0.2, 0) is 6.54 Å². The molecule has 4 aromatic rings. The average molecular weight is 396 g/mol. The molecule has 1 aliphatic heterocycles. The van der Waals surface area contributed by atoms with Crippen LogP contribution in [0.25, 0.3) is 10.8 Å². The highest BCUT2D eigenvalue weighted by atomic mass is 16.3. The molecule has 5 rings (SSSR count). The van der Waals surface area contributed by atoms with Crippen LogP contribution in [0.1, 0.15) is 36.8 Å². The summed E-state index contributed by atoms with van der Waals surface area (Å²) >= 11 is 0. The zero-order chi connectivity index (χ0) is 20.7. The molecule has 0 radical (unpaired) electrons. The summed E-state index contributed by atoms with van der Waals surface area (Å²) in [6, 6.07) is 21.4. The summed E-state index contributed by atoms with van der Waals surface area (Å²) in [5, 5.41) is 4.84. The Morgan fingerprint density at radius 1 is 0.867 bits per heavy atom. The van der Waals surface area contributed by atoms with E-state index in [0.29, 0.717) is 17.0 Å². The fraction of sp³-hybridized carbons (Fsp3) is 0.0417. The molecule has 0 bridgehead atoms. The first kappa shape index (κ1) is 17.9. The summed E-state index contributed by atoms with van der Waals surface area (Å²) in [4.78, 5) is 39.4. The summed E-state index contributed by atoms with van der Waals surface area (Å²) in [7, 11) is 0. The molecule has 3 aromatic carbocycles. The number of benzene rings is 3. The highest BCUT2D eigenvalue weighted by Crippen LogP contribution is 2.27. The number of furan rings is 1. The molecule has 1 aliphatic rings. The minimum Gasteiger partial charge on any atom is -0.467 e. The summed E-state index contributed by atoms with van der Waals surface area (Å²) in [5.74, 6) is -0.670. The molecule has 0 spiro atoms. The van der Waals surface area contributed by atoms with E-state index in [1.165, 1.54) is 18.4 Å². The molecule has 0 atom stereocenters. The van der Waals surface area contributed by atoms with Crippen LogP contribution in [0.15, 0.2) is 83.5 Å². The van der Waals surface area contributed by atoms with Crippen molar-refractivity contribution in [1.82, 2.24) is 4.90 Å². The maximum Gasteiger partial charge on any atom is 0.261 e. The number of carbonyl (C=O) groups excluding carboxylic acids is 3. The van der Waals surface area contributed by atoms with E-state index in [4.69, 9.17) is 4.42 Å². The van der Waals surface area contributed by atoms with E-state index in [1.54, 1.807) is 18.2 Å². The van der Waals surface area contributed by atoms with E-state index in [-0.39, 0.29) is 23.6 Å². The van der Waals surface area contributed by atoms with E-state index in [0.717, 1.165) is 15.7 Å². The minimum absolute atomic E-state index is 0.0525. The maximum atomic E-state index is 12.8. The first-order valence-corrected chi connectivity index (χ1v) is 9.43. The molecule has 0 aliphatic carbocycles. The molecule has 30 heavy (non-hydrogen) atoms. The fourth-order valence-electron chi connectivity index (χ4n) is 3.66. The van der Waals surface area contributed by atoms with Crippen LogP contribution in [0.4, 0.5) is 5.69 Å². The van der Waals surface area contributed by atoms with Crippen molar-refractivity contribution in [2.24, 2.45) is 0 Å². The second-order valence-electron chi connectivity index (χ2n) is 7.02. The minimum atomic E-state index is -0.439. The summed E-state index contributed by atoms with van der Waals surface area (Å²) in [6.07, 6.45) is 1.49. The summed E-state index contributed by atoms with van der Waals surface area (Å²) < 4.78 is 5.24. The molecule has 2 heterocycles. The predicted molar refractivity (Wildman–Crippen MR) is 111 cm³/mol. The highest BCUT2D eigenvalue weighted by Gasteiger charge is 2.36. The smallest absolute Gasteiger partial charge is 0.261 e. The Morgan fingerprint density at radius 3 is 2.50 bits per heavy atom. The number of amides is 3. The van der Waals surface area contributed by atoms with Gasteiger partial charge in [-0.15, -0.1) is 0 Å². The molecule has 0 saturated heterocycles. The number of nitrogens with zero attached hydrogens (tertiary/aromatic N) is 1. The average Bonchev–Trinajstić information content (AvgIpc) is 3.37. The van der Waals surface area contributed by atoms with Crippen LogP contribution in [0.5, 0.6) is 0 Å². The maximum absolute atomic E-state index is 12.8. The van der Waals surface area contributed by atoms with Crippen LogP contribution >= 0.6 is 0 Å². The lowest BCUT2D eigenvalue weighted by Gasteiger charge is -2.11. The Kier molecular flexibility index (Phi) is 4.17. The molecule has 1 N–H and O–H groups in total. The van der Waals surface area contributed by atoms with Crippen molar-refractivity contribution in [3.8, 4) is 0 Å². The van der Waals surface area contributed by atoms with Crippen LogP contribution in [0.3, 0.4) is 0 Å². The van der Waals surface area contributed by atoms with Crippen molar-refractivity contribution in [2.75, 3.05) is 5.32 Å². The van der Waals surface area contributed by atoms with Gasteiger partial charge in [0.25, 0.3) is 17.7 Å². The van der Waals surface area contributed by atoms with Gasteiger partial charge in [-0.25, -0.2) is 0 Å². The van der Waals surface area contributed by atoms with E-state index in [9.17, 15) is 14.4 Å². The van der Waals surface area contributed by atoms with E-state index < -0.39 is 11.8 Å². The van der Waals surface area contributed by atoms with Gasteiger partial charge in [-0.2, -0.15) is 0 Å². The van der Waals surface area contributed by atoms with Gasteiger partial charge in [0.1, 0.15) is 5.76 Å². The van der Waals surface area contributed by atoms with Gasteiger partial charge in [0.2, 0.25) is 0 Å². The normalized spacial score (nSPS) is 13.0. The molecular weight excluding hydrogens is 380 g/mol. The van der Waals surface area contributed by atoms with Crippen LogP contribution in [0.2, 0.25) is 0 Å². The molecule has 1 aromatic heterocycles. The highest BCUT2D eigenvalue weighted by molar-refractivity contribution is 6.22. The molecule has 146 valence electrons. The lowest BCUT2D eigenvalue weighted by atomic mass is 10.0. The SMILES string of the molecule is O=C(Nc1cccc2ccccc12)c1ccc2c(c1)C(=O)N(Cc1ccco1)C2=O. The van der Waals surface area contributed by atoms with Crippen molar-refractivity contribution in [2.45, 2.75) is 6.54 Å². The number of nitrogens with one attached hydrogen (secondary N) is 1. The Labute approximate surface area is 171 Å². The standard InChI is InChI=1S/C24H16N2O4/c27-22(25-21-9-3-6-15-5-1-2-8-18(15)21)16-10-11-19-20(13-16)24(29)26(23(19)28)14-17-7-4-12-30-17/h1-13H,14H2,(H,25,27). The number of anilines is 1. The lowest BCUT2D eigenvalue weighted by Crippen LogP contribution is -2.28. The van der Waals surface area contributed by atoms with Gasteiger partial charge >= 0.3 is 0 Å². The number of rotatable bonds is 4. The third-order valence-corrected chi connectivity index (χ3v) is 5.16. The molecule has 0 fully saturated rings. The molecule has 0 saturated carbocycles. The number of fused-ring (bicyclic) bond motifs is 2. The van der Waals surface area contributed by atoms with Gasteiger partial charge in [0.05, 0.1) is 23.9 Å². The van der Waals surface area contributed by atoms with Crippen LogP contribution in [-0.4, -0.2) is 22.6 Å². The number of hydrogen-bond donors (Lipinski definition) is 1. The summed E-state index contributed by atoms with van der Waals surface area (Å²) in [5.41, 5.74) is 1.49. The van der Waals surface area contributed by atoms with E-state index >= 15 is 0 Å². The molecule has 6 nitrogen and oxygen atoms in total. The van der Waals surface area contributed by atoms with Crippen molar-refractivity contribution in [3.63, 3.8) is 0 Å². The van der Waals surface area contributed by atoms with Gasteiger partial charge in [-0.1, -0.05) is 36.4 Å². The predicted octanol–water partition coefficient (Wildman–Crippen LogP) is 4.48. The van der Waals surface area contributed by atoms with Gasteiger partial charge in [-0.05, 0) is 41.8 Å². The first-order valence-electron chi connectivity index (χ1n) is 9.43. The number of imide groups is 1. The molecule has 6 heteroatoms. The Bertz CT molecular complexity index is 1300. The van der Waals surface area contributed by atoms with Gasteiger partial charge < -0.3 is 9.73 Å². The van der Waals surface area contributed by atoms with Gasteiger partial charge in [0, 0.05) is 16.6 Å². The summed E-state index contributed by atoms with van der Waals surface area (Å²) in [6.45, 7) is 0.0525. The number of carbonyl (C=O) groups is 3. The largest absolute Gasteiger partial charge is 0.467 e. The third kappa shape index (κ3) is 2.95. The molecule has 3 amide bonds. The lowest BCUT2D eigenvalue weighted by molar-refractivity contribution is 0.0631. The zero-order valence-corrected chi connectivity index (χ0v) is 15.8. The Balaban J connectivity index is 1.42. The van der Waals surface area contributed by atoms with Gasteiger partial charge in [0.15, 0.2) is 0 Å². The van der Waals surface area contributed by atoms with Gasteiger partial charge in [-0.3, -0.25) is 19.3 Å². The second-order valence-corrected chi connectivity index (χ2v) is 7.02. The first-order chi connectivity index (χ1) is 14.6. The zero-order valence-electron chi connectivity index (χ0n) is 15.8. The topological polar surface area (TPSA) is 79.6 Å². The van der Waals surface area contributed by atoms with Crippen molar-refractivity contribution >= 4 is 34.2 Å². The fourth-order valence-corrected chi connectivity index (χ4v) is 3.66. The van der Waals surface area contributed by atoms with E-state index in [2.05, 4.69) is 5.32 Å². The van der Waals surface area contributed by atoms with Crippen molar-refractivity contribution < 1.29 is 18.8 Å². The van der Waals surface area contributed by atoms with Crippen molar-refractivity contribution in [1.29, 1.82) is 0 Å². The quantitative estimate of drug-likeness (QED) is 0.516. The molecular formula is C24H16N2O4. The van der Waals surface area contributed by atoms with E-state index in [1.807, 2.05) is 42.5 Å². The Morgan fingerprint density at radius 2 is 1.67 bits per heavy atom. The monoisotopic (exact) mass is 396 g/mol. The van der Waals surface area contributed by atoms with Crippen molar-refractivity contribution in [3.05, 3.63) is 102 Å². The number of hydrogen-bond acceptors (Lipinski definition) is 4. The van der Waals surface area contributed by atoms with Crippen LogP contribution < -0.4 is 5.32 Å².